The molecule has 0 radical (unpaired) electrons. The molecule has 6 heteroatoms. The van der Waals surface area contributed by atoms with E-state index in [1.54, 1.807) is 9.80 Å². The zero-order chi connectivity index (χ0) is 20.4. The van der Waals surface area contributed by atoms with Gasteiger partial charge in [-0.25, -0.2) is 4.79 Å². The molecule has 3 atom stereocenters. The predicted octanol–water partition coefficient (Wildman–Crippen LogP) is 2.34. The van der Waals surface area contributed by atoms with Gasteiger partial charge in [0.05, 0.1) is 7.11 Å². The van der Waals surface area contributed by atoms with Crippen LogP contribution in [0, 0.1) is 5.92 Å². The Morgan fingerprint density at radius 2 is 1.66 bits per heavy atom. The summed E-state index contributed by atoms with van der Waals surface area (Å²) in [5, 5.41) is 0. The Kier molecular flexibility index (Phi) is 5.88. The smallest absolute Gasteiger partial charge is 0.328 e. The standard InChI is InChI=1S/C23H30N2O4/c1-29-23(28)20-9-5-13-25(20)22(27)19-8-4-12-24(19)21(26)15-16-10-11-17-6-2-3-7-18(17)14-16/h2-3,6-7,16,19-20H,4-5,8-15H2,1H3/t16?,19-,20+/m1/s1. The molecule has 156 valence electrons. The lowest BCUT2D eigenvalue weighted by molar-refractivity contribution is -0.153. The van der Waals surface area contributed by atoms with Crippen molar-refractivity contribution in [2.75, 3.05) is 20.2 Å². The van der Waals surface area contributed by atoms with Crippen molar-refractivity contribution in [2.45, 2.75) is 63.5 Å². The number of nitrogens with zero attached hydrogens (tertiary/aromatic N) is 2. The number of rotatable bonds is 4. The summed E-state index contributed by atoms with van der Waals surface area (Å²) in [6, 6.07) is 7.55. The highest BCUT2D eigenvalue weighted by atomic mass is 16.5. The molecule has 0 bridgehead atoms. The second kappa shape index (κ2) is 8.56. The van der Waals surface area contributed by atoms with Crippen molar-refractivity contribution >= 4 is 17.8 Å². The number of likely N-dealkylation sites (tertiary alicyclic amines) is 2. The molecule has 0 spiro atoms. The van der Waals surface area contributed by atoms with Crippen LogP contribution in [0.2, 0.25) is 0 Å². The fourth-order valence-electron chi connectivity index (χ4n) is 5.24. The number of benzene rings is 1. The highest BCUT2D eigenvalue weighted by Gasteiger charge is 2.42. The van der Waals surface area contributed by atoms with Gasteiger partial charge in [-0.15, -0.1) is 0 Å². The Labute approximate surface area is 172 Å². The first-order chi connectivity index (χ1) is 14.1. The third kappa shape index (κ3) is 4.02. The summed E-state index contributed by atoms with van der Waals surface area (Å²) < 4.78 is 4.87. The Morgan fingerprint density at radius 3 is 2.41 bits per heavy atom. The molecule has 2 heterocycles. The van der Waals surface area contributed by atoms with Crippen LogP contribution in [0.1, 0.15) is 49.7 Å². The first-order valence-corrected chi connectivity index (χ1v) is 10.8. The SMILES string of the molecule is COC(=O)[C@@H]1CCCN1C(=O)[C@H]1CCCN1C(=O)CC1CCc2ccccc2C1. The van der Waals surface area contributed by atoms with E-state index in [0.717, 1.165) is 32.1 Å². The predicted molar refractivity (Wildman–Crippen MR) is 108 cm³/mol. The van der Waals surface area contributed by atoms with E-state index in [2.05, 4.69) is 24.3 Å². The van der Waals surface area contributed by atoms with Gasteiger partial charge < -0.3 is 14.5 Å². The van der Waals surface area contributed by atoms with Gasteiger partial charge in [0.2, 0.25) is 11.8 Å². The van der Waals surface area contributed by atoms with Crippen molar-refractivity contribution in [3.63, 3.8) is 0 Å². The second-order valence-corrected chi connectivity index (χ2v) is 8.54. The van der Waals surface area contributed by atoms with Crippen LogP contribution in [0.5, 0.6) is 0 Å². The molecule has 3 aliphatic rings. The number of esters is 1. The normalized spacial score (nSPS) is 26.3. The minimum absolute atomic E-state index is 0.0825. The van der Waals surface area contributed by atoms with Gasteiger partial charge in [0.25, 0.3) is 0 Å². The van der Waals surface area contributed by atoms with Crippen molar-refractivity contribution in [2.24, 2.45) is 5.92 Å². The Morgan fingerprint density at radius 1 is 0.966 bits per heavy atom. The van der Waals surface area contributed by atoms with E-state index in [1.165, 1.54) is 18.2 Å². The maximum atomic E-state index is 13.2. The van der Waals surface area contributed by atoms with Gasteiger partial charge >= 0.3 is 5.97 Å². The topological polar surface area (TPSA) is 66.9 Å². The van der Waals surface area contributed by atoms with Crippen LogP contribution in [0.25, 0.3) is 0 Å². The van der Waals surface area contributed by atoms with Gasteiger partial charge in [-0.1, -0.05) is 24.3 Å². The number of amides is 2. The summed E-state index contributed by atoms with van der Waals surface area (Å²) in [6.45, 7) is 1.20. The lowest BCUT2D eigenvalue weighted by Crippen LogP contribution is -2.51. The van der Waals surface area contributed by atoms with Crippen molar-refractivity contribution < 1.29 is 19.1 Å². The molecule has 1 aromatic rings. The third-order valence-corrected chi connectivity index (χ3v) is 6.78. The van der Waals surface area contributed by atoms with Crippen LogP contribution >= 0.6 is 0 Å². The van der Waals surface area contributed by atoms with Gasteiger partial charge in [0.15, 0.2) is 0 Å². The molecule has 2 fully saturated rings. The Bertz CT molecular complexity index is 793. The van der Waals surface area contributed by atoms with E-state index in [1.807, 2.05) is 0 Å². The summed E-state index contributed by atoms with van der Waals surface area (Å²) in [5.74, 6) is -0.0206. The van der Waals surface area contributed by atoms with Gasteiger partial charge in [-0.3, -0.25) is 9.59 Å². The largest absolute Gasteiger partial charge is 0.467 e. The Balaban J connectivity index is 1.40. The fraction of sp³-hybridized carbons (Fsp3) is 0.609. The van der Waals surface area contributed by atoms with Crippen molar-refractivity contribution in [3.8, 4) is 0 Å². The third-order valence-electron chi connectivity index (χ3n) is 6.78. The van der Waals surface area contributed by atoms with E-state index in [-0.39, 0.29) is 17.8 Å². The molecule has 0 aromatic heterocycles. The van der Waals surface area contributed by atoms with Gasteiger partial charge in [-0.05, 0) is 62.0 Å². The minimum Gasteiger partial charge on any atom is -0.467 e. The maximum Gasteiger partial charge on any atom is 0.328 e. The number of methoxy groups -OCH3 is 1. The Hall–Kier alpha value is -2.37. The summed E-state index contributed by atoms with van der Waals surface area (Å²) >= 11 is 0. The monoisotopic (exact) mass is 398 g/mol. The highest BCUT2D eigenvalue weighted by Crippen LogP contribution is 2.30. The summed E-state index contributed by atoms with van der Waals surface area (Å²) in [7, 11) is 1.36. The van der Waals surface area contributed by atoms with Crippen LogP contribution < -0.4 is 0 Å². The summed E-state index contributed by atoms with van der Waals surface area (Å²) in [6.07, 6.45) is 6.43. The fourth-order valence-corrected chi connectivity index (χ4v) is 5.24. The maximum absolute atomic E-state index is 13.2. The van der Waals surface area contributed by atoms with E-state index < -0.39 is 12.1 Å². The number of carbonyl (C=O) groups is 3. The molecule has 2 saturated heterocycles. The van der Waals surface area contributed by atoms with E-state index in [9.17, 15) is 14.4 Å². The van der Waals surface area contributed by atoms with Crippen molar-refractivity contribution in [1.82, 2.24) is 9.80 Å². The number of ether oxygens (including phenoxy) is 1. The van der Waals surface area contributed by atoms with Crippen LogP contribution in [0.3, 0.4) is 0 Å². The van der Waals surface area contributed by atoms with Crippen molar-refractivity contribution in [1.29, 1.82) is 0 Å². The average molecular weight is 399 g/mol. The molecule has 1 aromatic carbocycles. The quantitative estimate of drug-likeness (QED) is 0.730. The van der Waals surface area contributed by atoms with Crippen LogP contribution in [-0.4, -0.2) is 59.9 Å². The first-order valence-electron chi connectivity index (χ1n) is 10.8. The zero-order valence-corrected chi connectivity index (χ0v) is 17.1. The lowest BCUT2D eigenvalue weighted by Gasteiger charge is -2.32. The molecule has 6 nitrogen and oxygen atoms in total. The first kappa shape index (κ1) is 19.9. The number of carbonyl (C=O) groups excluding carboxylic acids is 3. The molecule has 0 N–H and O–H groups in total. The van der Waals surface area contributed by atoms with E-state index in [0.29, 0.717) is 38.3 Å². The van der Waals surface area contributed by atoms with Crippen LogP contribution in [0.4, 0.5) is 0 Å². The van der Waals surface area contributed by atoms with Crippen LogP contribution in [-0.2, 0) is 32.0 Å². The van der Waals surface area contributed by atoms with E-state index >= 15 is 0 Å². The molecule has 2 aliphatic heterocycles. The van der Waals surface area contributed by atoms with Crippen LogP contribution in [0.15, 0.2) is 24.3 Å². The zero-order valence-electron chi connectivity index (χ0n) is 17.1. The molecular formula is C23H30N2O4. The minimum atomic E-state index is -0.500. The number of hydrogen-bond acceptors (Lipinski definition) is 4. The number of fused-ring (bicyclic) bond motifs is 1. The average Bonchev–Trinajstić information content (AvgIpc) is 3.42. The molecule has 1 aliphatic carbocycles. The lowest BCUT2D eigenvalue weighted by atomic mass is 9.82. The molecular weight excluding hydrogens is 368 g/mol. The van der Waals surface area contributed by atoms with Gasteiger partial charge in [0.1, 0.15) is 12.1 Å². The van der Waals surface area contributed by atoms with Crippen molar-refractivity contribution in [3.05, 3.63) is 35.4 Å². The number of hydrogen-bond donors (Lipinski definition) is 0. The highest BCUT2D eigenvalue weighted by molar-refractivity contribution is 5.91. The van der Waals surface area contributed by atoms with Gasteiger partial charge in [-0.2, -0.15) is 0 Å². The number of aryl methyl sites for hydroxylation is 1. The molecule has 0 saturated carbocycles. The summed E-state index contributed by atoms with van der Waals surface area (Å²) in [4.78, 5) is 41.7. The molecule has 4 rings (SSSR count). The molecule has 1 unspecified atom stereocenters. The summed E-state index contributed by atoms with van der Waals surface area (Å²) in [5.41, 5.74) is 2.75. The van der Waals surface area contributed by atoms with Gasteiger partial charge in [0, 0.05) is 19.5 Å². The molecule has 2 amide bonds. The van der Waals surface area contributed by atoms with E-state index in [4.69, 9.17) is 4.74 Å². The molecule has 29 heavy (non-hydrogen) atoms. The second-order valence-electron chi connectivity index (χ2n) is 8.54.